The maximum Gasteiger partial charge on any atom is 0.289 e. The van der Waals surface area contributed by atoms with Gasteiger partial charge in [-0.1, -0.05) is 11.6 Å². The van der Waals surface area contributed by atoms with Gasteiger partial charge in [0, 0.05) is 16.5 Å². The van der Waals surface area contributed by atoms with Crippen molar-refractivity contribution >= 4 is 29.2 Å². The molecule has 6 heteroatoms. The lowest BCUT2D eigenvalue weighted by Crippen LogP contribution is -2.19. The summed E-state index contributed by atoms with van der Waals surface area (Å²) in [4.78, 5) is 11.0. The molecule has 0 aromatic heterocycles. The van der Waals surface area contributed by atoms with E-state index in [4.69, 9.17) is 11.6 Å². The van der Waals surface area contributed by atoms with Crippen LogP contribution in [0.5, 0.6) is 0 Å². The van der Waals surface area contributed by atoms with Gasteiger partial charge < -0.3 is 0 Å². The number of nitro groups is 1. The average molecular weight is 259 g/mol. The highest BCUT2D eigenvalue weighted by Crippen LogP contribution is 2.38. The summed E-state index contributed by atoms with van der Waals surface area (Å²) in [5.74, 6) is 0. The largest absolute Gasteiger partial charge is 0.289 e. The van der Waals surface area contributed by atoms with Crippen molar-refractivity contribution in [3.8, 4) is 0 Å². The molecule has 1 N–H and O–H groups in total. The van der Waals surface area contributed by atoms with E-state index < -0.39 is 4.92 Å². The summed E-state index contributed by atoms with van der Waals surface area (Å²) in [6, 6.07) is 4.82. The molecule has 1 saturated carbocycles. The van der Waals surface area contributed by atoms with Gasteiger partial charge in [-0.2, -0.15) is 0 Å². The van der Waals surface area contributed by atoms with Gasteiger partial charge >= 0.3 is 0 Å². The highest BCUT2D eigenvalue weighted by atomic mass is 35.5. The summed E-state index contributed by atoms with van der Waals surface area (Å²) >= 11 is 7.14. The quantitative estimate of drug-likeness (QED) is 0.511. The smallest absolute Gasteiger partial charge is 0.258 e. The van der Waals surface area contributed by atoms with Gasteiger partial charge in [-0.05, 0) is 43.8 Å². The summed E-state index contributed by atoms with van der Waals surface area (Å²) in [5.41, 5.74) is 0.147. The Labute approximate surface area is 103 Å². The molecular weight excluding hydrogens is 248 g/mol. The number of hydrogen-bond acceptors (Lipinski definition) is 4. The van der Waals surface area contributed by atoms with Crippen molar-refractivity contribution in [2.45, 2.75) is 30.2 Å². The molecule has 0 heterocycles. The lowest BCUT2D eigenvalue weighted by Gasteiger charge is -2.09. The molecule has 16 heavy (non-hydrogen) atoms. The second kappa shape index (κ2) is 4.24. The van der Waals surface area contributed by atoms with Crippen LogP contribution in [0.15, 0.2) is 23.1 Å². The molecule has 4 nitrogen and oxygen atoms in total. The van der Waals surface area contributed by atoms with E-state index in [9.17, 15) is 10.1 Å². The SMILES string of the molecule is CC1(NSc2ccc(Cl)c([N+](=O)[O-])c2)CC1. The number of halogens is 1. The van der Waals surface area contributed by atoms with Crippen molar-refractivity contribution in [1.82, 2.24) is 4.72 Å². The third-order valence-corrected chi connectivity index (χ3v) is 3.93. The minimum Gasteiger partial charge on any atom is -0.258 e. The van der Waals surface area contributed by atoms with Gasteiger partial charge in [0.1, 0.15) is 5.02 Å². The van der Waals surface area contributed by atoms with E-state index >= 15 is 0 Å². The Bertz CT molecular complexity index is 435. The monoisotopic (exact) mass is 258 g/mol. The first-order valence-corrected chi connectivity index (χ1v) is 6.08. The van der Waals surface area contributed by atoms with E-state index in [0.717, 1.165) is 17.7 Å². The van der Waals surface area contributed by atoms with E-state index in [0.29, 0.717) is 0 Å². The van der Waals surface area contributed by atoms with Gasteiger partial charge in [0.2, 0.25) is 0 Å². The van der Waals surface area contributed by atoms with Crippen LogP contribution < -0.4 is 4.72 Å². The molecule has 1 aliphatic carbocycles. The van der Waals surface area contributed by atoms with E-state index in [2.05, 4.69) is 11.6 Å². The number of nitrogens with zero attached hydrogens (tertiary/aromatic N) is 1. The summed E-state index contributed by atoms with van der Waals surface area (Å²) in [7, 11) is 0. The Hall–Kier alpha value is -0.780. The third-order valence-electron chi connectivity index (χ3n) is 2.53. The number of nitrogens with one attached hydrogen (secondary N) is 1. The first-order valence-electron chi connectivity index (χ1n) is 4.88. The van der Waals surface area contributed by atoms with Gasteiger partial charge in [0.15, 0.2) is 0 Å². The second-order valence-corrected chi connectivity index (χ2v) is 5.42. The lowest BCUT2D eigenvalue weighted by molar-refractivity contribution is -0.384. The number of benzene rings is 1. The topological polar surface area (TPSA) is 55.2 Å². The molecule has 1 fully saturated rings. The molecule has 1 aliphatic rings. The van der Waals surface area contributed by atoms with Gasteiger partial charge in [-0.25, -0.2) is 0 Å². The third kappa shape index (κ3) is 2.66. The molecule has 1 aromatic carbocycles. The van der Waals surface area contributed by atoms with Crippen molar-refractivity contribution in [3.05, 3.63) is 33.3 Å². The first-order chi connectivity index (χ1) is 7.50. The fraction of sp³-hybridized carbons (Fsp3) is 0.400. The van der Waals surface area contributed by atoms with Gasteiger partial charge in [0.25, 0.3) is 5.69 Å². The molecule has 0 unspecified atom stereocenters. The van der Waals surface area contributed by atoms with Crippen LogP contribution in [0, 0.1) is 10.1 Å². The fourth-order valence-electron chi connectivity index (χ4n) is 1.17. The van der Waals surface area contributed by atoms with E-state index in [1.807, 2.05) is 0 Å². The maximum atomic E-state index is 10.7. The fourth-order valence-corrected chi connectivity index (χ4v) is 2.23. The van der Waals surface area contributed by atoms with Crippen LogP contribution in [0.2, 0.25) is 5.02 Å². The van der Waals surface area contributed by atoms with Gasteiger partial charge in [-0.15, -0.1) is 0 Å². The van der Waals surface area contributed by atoms with Crippen molar-refractivity contribution in [2.75, 3.05) is 0 Å². The van der Waals surface area contributed by atoms with Crippen LogP contribution in [-0.4, -0.2) is 10.5 Å². The number of hydrogen-bond donors (Lipinski definition) is 1. The predicted octanol–water partition coefficient (Wildman–Crippen LogP) is 3.40. The zero-order chi connectivity index (χ0) is 11.8. The lowest BCUT2D eigenvalue weighted by atomic mass is 10.3. The Balaban J connectivity index is 2.09. The van der Waals surface area contributed by atoms with Crippen molar-refractivity contribution in [1.29, 1.82) is 0 Å². The molecule has 0 bridgehead atoms. The standard InChI is InChI=1S/C10H11ClN2O2S/c1-10(4-5-10)12-16-7-2-3-8(11)9(6-7)13(14)15/h2-3,6,12H,4-5H2,1H3. The summed E-state index contributed by atoms with van der Waals surface area (Å²) in [5, 5.41) is 10.9. The zero-order valence-electron chi connectivity index (χ0n) is 8.70. The van der Waals surface area contributed by atoms with Gasteiger partial charge in [0.05, 0.1) is 4.92 Å². The molecule has 0 radical (unpaired) electrons. The number of rotatable bonds is 4. The van der Waals surface area contributed by atoms with Crippen LogP contribution in [0.3, 0.4) is 0 Å². The summed E-state index contributed by atoms with van der Waals surface area (Å²) in [6.07, 6.45) is 2.30. The van der Waals surface area contributed by atoms with Gasteiger partial charge in [-0.3, -0.25) is 14.8 Å². The van der Waals surface area contributed by atoms with Crippen LogP contribution >= 0.6 is 23.5 Å². The van der Waals surface area contributed by atoms with Crippen LogP contribution in [0.4, 0.5) is 5.69 Å². The highest BCUT2D eigenvalue weighted by molar-refractivity contribution is 7.97. The van der Waals surface area contributed by atoms with Crippen LogP contribution in [0.25, 0.3) is 0 Å². The van der Waals surface area contributed by atoms with Crippen molar-refractivity contribution in [2.24, 2.45) is 0 Å². The van der Waals surface area contributed by atoms with Crippen LogP contribution in [-0.2, 0) is 0 Å². The number of nitro benzene ring substituents is 1. The zero-order valence-corrected chi connectivity index (χ0v) is 10.3. The molecule has 0 saturated heterocycles. The Kier molecular flexibility index (Phi) is 3.10. The Morgan fingerprint density at radius 3 is 2.81 bits per heavy atom. The van der Waals surface area contributed by atoms with Crippen molar-refractivity contribution < 1.29 is 4.92 Å². The second-order valence-electron chi connectivity index (χ2n) is 4.14. The molecule has 1 aromatic rings. The Morgan fingerprint density at radius 2 is 2.25 bits per heavy atom. The minimum absolute atomic E-state index is 0.0468. The van der Waals surface area contributed by atoms with E-state index in [1.54, 1.807) is 12.1 Å². The molecular formula is C10H11ClN2O2S. The minimum atomic E-state index is -0.467. The first kappa shape index (κ1) is 11.7. The highest BCUT2D eigenvalue weighted by Gasteiger charge is 2.37. The molecule has 0 spiro atoms. The van der Waals surface area contributed by atoms with E-state index in [1.165, 1.54) is 18.0 Å². The molecule has 86 valence electrons. The molecule has 0 atom stereocenters. The van der Waals surface area contributed by atoms with Crippen LogP contribution in [0.1, 0.15) is 19.8 Å². The molecule has 0 aliphatic heterocycles. The van der Waals surface area contributed by atoms with Crippen molar-refractivity contribution in [3.63, 3.8) is 0 Å². The molecule has 2 rings (SSSR count). The Morgan fingerprint density at radius 1 is 1.56 bits per heavy atom. The maximum absolute atomic E-state index is 10.7. The summed E-state index contributed by atoms with van der Waals surface area (Å²) in [6.45, 7) is 2.13. The average Bonchev–Trinajstić information content (AvgIpc) is 2.96. The molecule has 0 amide bonds. The van der Waals surface area contributed by atoms with E-state index in [-0.39, 0.29) is 16.2 Å². The normalized spacial score (nSPS) is 17.1. The summed E-state index contributed by atoms with van der Waals surface area (Å²) < 4.78 is 3.29. The predicted molar refractivity (Wildman–Crippen MR) is 64.7 cm³/mol.